The number of benzene rings is 1. The third-order valence-electron chi connectivity index (χ3n) is 3.56. The van der Waals surface area contributed by atoms with E-state index >= 15 is 0 Å². The molecule has 1 aromatic carbocycles. The lowest BCUT2D eigenvalue weighted by molar-refractivity contribution is -0.129. The first-order chi connectivity index (χ1) is 12.1. The van der Waals surface area contributed by atoms with Crippen LogP contribution < -0.4 is 10.9 Å². The van der Waals surface area contributed by atoms with Gasteiger partial charge in [0, 0.05) is 5.39 Å². The molecule has 0 aliphatic carbocycles. The van der Waals surface area contributed by atoms with E-state index in [1.165, 1.54) is 13.2 Å². The Bertz CT molecular complexity index is 962. The minimum atomic E-state index is -1.03. The Kier molecular flexibility index (Phi) is 4.60. The van der Waals surface area contributed by atoms with Crippen LogP contribution in [0.25, 0.3) is 10.8 Å². The van der Waals surface area contributed by atoms with Crippen molar-refractivity contribution in [2.24, 2.45) is 0 Å². The normalized spacial score (nSPS) is 11.9. The first-order valence-electron chi connectivity index (χ1n) is 7.55. The maximum atomic E-state index is 12.3. The van der Waals surface area contributed by atoms with Crippen molar-refractivity contribution in [1.29, 1.82) is 0 Å². The van der Waals surface area contributed by atoms with Gasteiger partial charge in [-0.05, 0) is 25.1 Å². The second-order valence-electron chi connectivity index (χ2n) is 5.29. The van der Waals surface area contributed by atoms with Crippen LogP contribution in [0.4, 0.5) is 0 Å². The monoisotopic (exact) mass is 341 g/mol. The van der Waals surface area contributed by atoms with E-state index in [0.717, 1.165) is 0 Å². The van der Waals surface area contributed by atoms with Crippen LogP contribution in [0.2, 0.25) is 0 Å². The Morgan fingerprint density at radius 2 is 2.00 bits per heavy atom. The van der Waals surface area contributed by atoms with Crippen LogP contribution in [0, 0.1) is 0 Å². The Balaban J connectivity index is 1.70. The van der Waals surface area contributed by atoms with Gasteiger partial charge in [-0.1, -0.05) is 18.2 Å². The second-order valence-corrected chi connectivity index (χ2v) is 5.29. The molecular weight excluding hydrogens is 326 g/mol. The Morgan fingerprint density at radius 3 is 2.72 bits per heavy atom. The van der Waals surface area contributed by atoms with Crippen LogP contribution in [0.15, 0.2) is 51.9 Å². The summed E-state index contributed by atoms with van der Waals surface area (Å²) in [6.45, 7) is 1.64. The lowest BCUT2D eigenvalue weighted by atomic mass is 10.1. The Morgan fingerprint density at radius 1 is 1.24 bits per heavy atom. The number of nitrogens with one attached hydrogen (secondary N) is 2. The molecule has 1 amide bonds. The van der Waals surface area contributed by atoms with Crippen molar-refractivity contribution in [2.75, 3.05) is 0 Å². The van der Waals surface area contributed by atoms with E-state index in [9.17, 15) is 14.4 Å². The van der Waals surface area contributed by atoms with Gasteiger partial charge in [-0.3, -0.25) is 9.59 Å². The van der Waals surface area contributed by atoms with Gasteiger partial charge >= 0.3 is 5.97 Å². The van der Waals surface area contributed by atoms with E-state index in [4.69, 9.17) is 9.15 Å². The van der Waals surface area contributed by atoms with Crippen molar-refractivity contribution < 1.29 is 18.7 Å². The van der Waals surface area contributed by atoms with Gasteiger partial charge in [0.15, 0.2) is 11.8 Å². The number of aromatic nitrogens is 2. The minimum absolute atomic E-state index is 0.0547. The first kappa shape index (κ1) is 16.4. The van der Waals surface area contributed by atoms with Gasteiger partial charge in [0.1, 0.15) is 5.76 Å². The zero-order valence-electron chi connectivity index (χ0n) is 13.3. The number of carbonyl (C=O) groups excluding carboxylic acids is 2. The molecule has 2 heterocycles. The number of hydrogen-bond donors (Lipinski definition) is 2. The van der Waals surface area contributed by atoms with E-state index < -0.39 is 23.5 Å². The van der Waals surface area contributed by atoms with E-state index in [2.05, 4.69) is 15.5 Å². The summed E-state index contributed by atoms with van der Waals surface area (Å²) in [5.74, 6) is -0.688. The number of ether oxygens (including phenoxy) is 1. The molecule has 0 radical (unpaired) electrons. The van der Waals surface area contributed by atoms with E-state index in [0.29, 0.717) is 16.5 Å². The molecule has 8 heteroatoms. The van der Waals surface area contributed by atoms with Gasteiger partial charge in [0.2, 0.25) is 0 Å². The lowest BCUT2D eigenvalue weighted by Crippen LogP contribution is -2.35. The summed E-state index contributed by atoms with van der Waals surface area (Å²) < 4.78 is 10.3. The zero-order valence-corrected chi connectivity index (χ0v) is 13.3. The Labute approximate surface area is 141 Å². The van der Waals surface area contributed by atoms with Crippen molar-refractivity contribution in [3.05, 3.63) is 64.5 Å². The summed E-state index contributed by atoms with van der Waals surface area (Å²) in [6.07, 6.45) is 0.465. The summed E-state index contributed by atoms with van der Waals surface area (Å²) in [5, 5.41) is 9.28. The molecule has 128 valence electrons. The van der Waals surface area contributed by atoms with Crippen molar-refractivity contribution >= 4 is 22.6 Å². The number of nitrogens with zero attached hydrogens (tertiary/aromatic N) is 1. The fourth-order valence-electron chi connectivity index (χ4n) is 2.27. The molecule has 0 saturated carbocycles. The number of furan rings is 1. The summed E-state index contributed by atoms with van der Waals surface area (Å²) in [6, 6.07) is 9.95. The van der Waals surface area contributed by atoms with Gasteiger partial charge in [0.05, 0.1) is 18.2 Å². The number of aromatic amines is 1. The lowest BCUT2D eigenvalue weighted by Gasteiger charge is -2.13. The molecule has 0 unspecified atom stereocenters. The highest BCUT2D eigenvalue weighted by Crippen LogP contribution is 2.14. The fraction of sp³-hybridized carbons (Fsp3) is 0.176. The van der Waals surface area contributed by atoms with Crippen molar-refractivity contribution in [3.63, 3.8) is 0 Å². The summed E-state index contributed by atoms with van der Waals surface area (Å²) in [5.41, 5.74) is -0.461. The Hall–Kier alpha value is -3.42. The highest BCUT2D eigenvalue weighted by Gasteiger charge is 2.22. The van der Waals surface area contributed by atoms with Crippen LogP contribution in [0.3, 0.4) is 0 Å². The number of fused-ring (bicyclic) bond motifs is 1. The summed E-state index contributed by atoms with van der Waals surface area (Å²) in [7, 11) is 0. The van der Waals surface area contributed by atoms with E-state index in [1.54, 1.807) is 36.4 Å². The molecular formula is C17H15N3O5. The molecule has 8 nitrogen and oxygen atoms in total. The average Bonchev–Trinajstić information content (AvgIpc) is 3.13. The van der Waals surface area contributed by atoms with Crippen LogP contribution in [0.1, 0.15) is 23.2 Å². The van der Waals surface area contributed by atoms with Crippen LogP contribution in [-0.2, 0) is 16.1 Å². The molecule has 3 rings (SSSR count). The van der Waals surface area contributed by atoms with Gasteiger partial charge in [-0.25, -0.2) is 9.89 Å². The number of carbonyl (C=O) groups is 2. The maximum absolute atomic E-state index is 12.3. The highest BCUT2D eigenvalue weighted by molar-refractivity contribution is 6.02. The number of H-pyrrole nitrogens is 1. The highest BCUT2D eigenvalue weighted by atomic mass is 16.5. The molecule has 2 N–H and O–H groups in total. The third kappa shape index (κ3) is 3.57. The predicted octanol–water partition coefficient (Wildman–Crippen LogP) is 1.38. The molecule has 0 bridgehead atoms. The molecule has 0 saturated heterocycles. The predicted molar refractivity (Wildman–Crippen MR) is 87.8 cm³/mol. The summed E-state index contributed by atoms with van der Waals surface area (Å²) >= 11 is 0. The summed E-state index contributed by atoms with van der Waals surface area (Å²) in [4.78, 5) is 36.1. The van der Waals surface area contributed by atoms with Gasteiger partial charge in [-0.15, -0.1) is 0 Å². The quantitative estimate of drug-likeness (QED) is 0.678. The van der Waals surface area contributed by atoms with Crippen molar-refractivity contribution in [1.82, 2.24) is 15.5 Å². The molecule has 0 aliphatic heterocycles. The van der Waals surface area contributed by atoms with Gasteiger partial charge in [-0.2, -0.15) is 5.10 Å². The first-order valence-corrected chi connectivity index (χ1v) is 7.55. The van der Waals surface area contributed by atoms with E-state index in [1.807, 2.05) is 0 Å². The largest absolute Gasteiger partial charge is 0.467 e. The second kappa shape index (κ2) is 7.00. The zero-order chi connectivity index (χ0) is 17.8. The molecule has 2 aromatic heterocycles. The third-order valence-corrected chi connectivity index (χ3v) is 3.56. The van der Waals surface area contributed by atoms with Gasteiger partial charge < -0.3 is 14.5 Å². The van der Waals surface area contributed by atoms with Crippen molar-refractivity contribution in [2.45, 2.75) is 19.6 Å². The average molecular weight is 341 g/mol. The van der Waals surface area contributed by atoms with E-state index in [-0.39, 0.29) is 12.2 Å². The van der Waals surface area contributed by atoms with Crippen LogP contribution >= 0.6 is 0 Å². The topological polar surface area (TPSA) is 114 Å². The number of esters is 1. The molecule has 25 heavy (non-hydrogen) atoms. The fourth-order valence-corrected chi connectivity index (χ4v) is 2.27. The van der Waals surface area contributed by atoms with Crippen LogP contribution in [-0.4, -0.2) is 28.2 Å². The standard InChI is InChI=1S/C17H15N3O5/c1-10(15(21)18-9-11-5-4-8-24-11)25-17(23)14-12-6-2-3-7-13(12)16(22)20-19-14/h2-8,10H,9H2,1H3,(H,18,21)(H,20,22)/t10-/m1/s1. The smallest absolute Gasteiger partial charge is 0.360 e. The maximum Gasteiger partial charge on any atom is 0.360 e. The van der Waals surface area contributed by atoms with Crippen LogP contribution in [0.5, 0.6) is 0 Å². The number of rotatable bonds is 5. The van der Waals surface area contributed by atoms with Crippen molar-refractivity contribution in [3.8, 4) is 0 Å². The van der Waals surface area contributed by atoms with Gasteiger partial charge in [0.25, 0.3) is 11.5 Å². The number of hydrogen-bond acceptors (Lipinski definition) is 6. The molecule has 0 fully saturated rings. The minimum Gasteiger partial charge on any atom is -0.467 e. The SMILES string of the molecule is C[C@@H](OC(=O)c1n[nH]c(=O)c2ccccc12)C(=O)NCc1ccco1. The molecule has 1 atom stereocenters. The number of amides is 1. The molecule has 3 aromatic rings. The molecule has 0 spiro atoms. The molecule has 0 aliphatic rings.